The topological polar surface area (TPSA) is 123 Å². The van der Waals surface area contributed by atoms with E-state index in [0.29, 0.717) is 31.8 Å². The highest BCUT2D eigenvalue weighted by Crippen LogP contribution is 2.32. The second-order valence-corrected chi connectivity index (χ2v) is 11.6. The SMILES string of the molecule is C[C@@H](O)CNC(C)(C)CC(=O)N[C@@H]1CCc2ccccc2N(Cc2ccc(-c3ccccc3-c3ncn[nH]3)cc2)C1=O. The van der Waals surface area contributed by atoms with E-state index in [9.17, 15) is 14.7 Å². The molecule has 0 saturated carbocycles. The van der Waals surface area contributed by atoms with Crippen LogP contribution in [-0.2, 0) is 22.6 Å². The summed E-state index contributed by atoms with van der Waals surface area (Å²) in [7, 11) is 0. The number of hydrogen-bond acceptors (Lipinski definition) is 6. The van der Waals surface area contributed by atoms with Gasteiger partial charge in [-0.05, 0) is 61.9 Å². The summed E-state index contributed by atoms with van der Waals surface area (Å²) in [6.07, 6.45) is 2.38. The van der Waals surface area contributed by atoms with Gasteiger partial charge < -0.3 is 20.6 Å². The van der Waals surface area contributed by atoms with Gasteiger partial charge in [-0.3, -0.25) is 14.7 Å². The Bertz CT molecular complexity index is 1520. The zero-order valence-corrected chi connectivity index (χ0v) is 24.3. The number of aliphatic hydroxyl groups excluding tert-OH is 1. The maximum absolute atomic E-state index is 13.9. The smallest absolute Gasteiger partial charge is 0.249 e. The monoisotopic (exact) mass is 566 g/mol. The van der Waals surface area contributed by atoms with E-state index in [-0.39, 0.29) is 18.2 Å². The Morgan fingerprint density at radius 1 is 1.07 bits per heavy atom. The lowest BCUT2D eigenvalue weighted by molar-refractivity contribution is -0.128. The van der Waals surface area contributed by atoms with Crippen LogP contribution in [0.3, 0.4) is 0 Å². The average Bonchev–Trinajstić information content (AvgIpc) is 3.48. The number of nitrogens with one attached hydrogen (secondary N) is 3. The van der Waals surface area contributed by atoms with Crippen LogP contribution in [0.25, 0.3) is 22.5 Å². The fraction of sp³-hybridized carbons (Fsp3) is 0.333. The molecule has 2 amide bonds. The molecule has 9 heteroatoms. The van der Waals surface area contributed by atoms with Crippen molar-refractivity contribution >= 4 is 17.5 Å². The number of amides is 2. The first kappa shape index (κ1) is 29.2. The number of carbonyl (C=O) groups excluding carboxylic acids is 2. The van der Waals surface area contributed by atoms with E-state index in [0.717, 1.165) is 33.5 Å². The lowest BCUT2D eigenvalue weighted by Gasteiger charge is -2.29. The van der Waals surface area contributed by atoms with Crippen LogP contribution in [0.4, 0.5) is 5.69 Å². The predicted octanol–water partition coefficient (Wildman–Crippen LogP) is 4.24. The number of carbonyl (C=O) groups is 2. The summed E-state index contributed by atoms with van der Waals surface area (Å²) in [6, 6.07) is 23.5. The Morgan fingerprint density at radius 2 is 1.79 bits per heavy atom. The molecule has 0 fully saturated rings. The molecule has 0 aliphatic carbocycles. The lowest BCUT2D eigenvalue weighted by atomic mass is 9.98. The highest BCUT2D eigenvalue weighted by atomic mass is 16.3. The molecular formula is C33H38N6O3. The molecule has 9 nitrogen and oxygen atoms in total. The summed E-state index contributed by atoms with van der Waals surface area (Å²) in [5.41, 5.74) is 5.44. The second-order valence-electron chi connectivity index (χ2n) is 11.6. The van der Waals surface area contributed by atoms with Crippen molar-refractivity contribution in [2.24, 2.45) is 0 Å². The van der Waals surface area contributed by atoms with Crippen LogP contribution >= 0.6 is 0 Å². The minimum atomic E-state index is -0.634. The maximum Gasteiger partial charge on any atom is 0.249 e. The van der Waals surface area contributed by atoms with E-state index in [1.807, 2.05) is 68.4 Å². The van der Waals surface area contributed by atoms with Gasteiger partial charge in [0, 0.05) is 29.8 Å². The zero-order chi connectivity index (χ0) is 29.7. The molecule has 1 aliphatic heterocycles. The van der Waals surface area contributed by atoms with Crippen molar-refractivity contribution in [1.29, 1.82) is 0 Å². The molecular weight excluding hydrogens is 528 g/mol. The first-order valence-corrected chi connectivity index (χ1v) is 14.4. The number of fused-ring (bicyclic) bond motifs is 1. The van der Waals surface area contributed by atoms with Crippen molar-refractivity contribution in [1.82, 2.24) is 25.8 Å². The van der Waals surface area contributed by atoms with Crippen molar-refractivity contribution < 1.29 is 14.7 Å². The summed E-state index contributed by atoms with van der Waals surface area (Å²) in [5, 5.41) is 22.8. The summed E-state index contributed by atoms with van der Waals surface area (Å²) in [4.78, 5) is 33.1. The first-order valence-electron chi connectivity index (χ1n) is 14.4. The number of H-pyrrole nitrogens is 1. The third kappa shape index (κ3) is 6.92. The molecule has 42 heavy (non-hydrogen) atoms. The van der Waals surface area contributed by atoms with Crippen molar-refractivity contribution in [2.75, 3.05) is 11.4 Å². The molecule has 3 aromatic carbocycles. The lowest BCUT2D eigenvalue weighted by Crippen LogP contribution is -2.51. The van der Waals surface area contributed by atoms with Crippen LogP contribution in [0.15, 0.2) is 79.1 Å². The van der Waals surface area contributed by atoms with Crippen LogP contribution in [0, 0.1) is 0 Å². The van der Waals surface area contributed by atoms with Gasteiger partial charge >= 0.3 is 0 Å². The van der Waals surface area contributed by atoms with E-state index < -0.39 is 17.7 Å². The number of rotatable bonds is 10. The Labute approximate surface area is 246 Å². The molecule has 4 aromatic rings. The van der Waals surface area contributed by atoms with Crippen LogP contribution in [0.5, 0.6) is 0 Å². The van der Waals surface area contributed by atoms with Gasteiger partial charge in [-0.2, -0.15) is 5.10 Å². The number of aryl methyl sites for hydroxylation is 1. The largest absolute Gasteiger partial charge is 0.392 e. The third-order valence-corrected chi connectivity index (χ3v) is 7.57. The van der Waals surface area contributed by atoms with Crippen LogP contribution in [-0.4, -0.2) is 56.3 Å². The number of aromatic nitrogens is 3. The quantitative estimate of drug-likeness (QED) is 0.228. The van der Waals surface area contributed by atoms with Gasteiger partial charge in [0.25, 0.3) is 0 Å². The van der Waals surface area contributed by atoms with E-state index in [2.05, 4.69) is 44.0 Å². The molecule has 0 spiro atoms. The average molecular weight is 567 g/mol. The molecule has 0 unspecified atom stereocenters. The molecule has 0 radical (unpaired) electrons. The van der Waals surface area contributed by atoms with Crippen molar-refractivity contribution in [2.45, 2.75) is 64.3 Å². The summed E-state index contributed by atoms with van der Waals surface area (Å²) >= 11 is 0. The van der Waals surface area contributed by atoms with Crippen molar-refractivity contribution in [3.63, 3.8) is 0 Å². The number of aromatic amines is 1. The Morgan fingerprint density at radius 3 is 2.50 bits per heavy atom. The molecule has 4 N–H and O–H groups in total. The minimum Gasteiger partial charge on any atom is -0.392 e. The predicted molar refractivity (Wildman–Crippen MR) is 164 cm³/mol. The number of anilines is 1. The fourth-order valence-electron chi connectivity index (χ4n) is 5.39. The van der Waals surface area contributed by atoms with Crippen molar-refractivity contribution in [3.8, 4) is 22.5 Å². The number of nitrogens with zero attached hydrogens (tertiary/aromatic N) is 3. The fourth-order valence-corrected chi connectivity index (χ4v) is 5.39. The second kappa shape index (κ2) is 12.7. The Hall–Kier alpha value is -4.34. The minimum absolute atomic E-state index is 0.122. The standard InChI is InChI=1S/C33H38N6O3/c1-22(40)19-35-33(2,3)18-30(41)37-28-17-16-25-8-4-7-11-29(25)39(32(28)42)20-23-12-14-24(15-13-23)26-9-5-6-10-27(26)31-34-21-36-38-31/h4-15,21-22,28,35,40H,16-20H2,1-3H3,(H,37,41)(H,34,36,38)/t22-,28-/m1/s1. The number of para-hydroxylation sites is 1. The van der Waals surface area contributed by atoms with Gasteiger partial charge in [0.1, 0.15) is 12.4 Å². The van der Waals surface area contributed by atoms with Crippen LogP contribution < -0.4 is 15.5 Å². The van der Waals surface area contributed by atoms with Crippen LogP contribution in [0.2, 0.25) is 0 Å². The summed E-state index contributed by atoms with van der Waals surface area (Å²) in [5.74, 6) is 0.386. The first-order chi connectivity index (χ1) is 20.2. The highest BCUT2D eigenvalue weighted by Gasteiger charge is 2.32. The van der Waals surface area contributed by atoms with Gasteiger partial charge in [-0.1, -0.05) is 66.7 Å². The zero-order valence-electron chi connectivity index (χ0n) is 24.3. The van der Waals surface area contributed by atoms with E-state index in [1.165, 1.54) is 6.33 Å². The summed E-state index contributed by atoms with van der Waals surface area (Å²) < 4.78 is 0. The van der Waals surface area contributed by atoms with Crippen molar-refractivity contribution in [3.05, 3.63) is 90.3 Å². The molecule has 5 rings (SSSR count). The van der Waals surface area contributed by atoms with Gasteiger partial charge in [0.2, 0.25) is 11.8 Å². The van der Waals surface area contributed by atoms with Crippen LogP contribution in [0.1, 0.15) is 44.7 Å². The number of hydrogen-bond donors (Lipinski definition) is 4. The normalized spacial score (nSPS) is 16.0. The Kier molecular flexibility index (Phi) is 8.80. The third-order valence-electron chi connectivity index (χ3n) is 7.57. The van der Waals surface area contributed by atoms with Gasteiger partial charge in [0.15, 0.2) is 5.82 Å². The molecule has 0 bridgehead atoms. The van der Waals surface area contributed by atoms with Gasteiger partial charge in [-0.15, -0.1) is 0 Å². The van der Waals surface area contributed by atoms with E-state index in [1.54, 1.807) is 11.8 Å². The van der Waals surface area contributed by atoms with E-state index in [4.69, 9.17) is 0 Å². The molecule has 1 aliphatic rings. The van der Waals surface area contributed by atoms with E-state index >= 15 is 0 Å². The number of aliphatic hydroxyl groups is 1. The molecule has 2 atom stereocenters. The molecule has 218 valence electrons. The number of β-amino-alcohol motifs (C(OH)–C–C–N with tert-alkyl or cyclic N) is 1. The van der Waals surface area contributed by atoms with Gasteiger partial charge in [-0.25, -0.2) is 4.98 Å². The van der Waals surface area contributed by atoms with Gasteiger partial charge in [0.05, 0.1) is 12.6 Å². The molecule has 1 aromatic heterocycles. The maximum atomic E-state index is 13.9. The number of benzene rings is 3. The summed E-state index contributed by atoms with van der Waals surface area (Å²) in [6.45, 7) is 6.30. The molecule has 2 heterocycles. The highest BCUT2D eigenvalue weighted by molar-refractivity contribution is 6.00. The molecule has 0 saturated heterocycles. The Balaban J connectivity index is 1.34.